The lowest BCUT2D eigenvalue weighted by molar-refractivity contribution is -0.141. The number of carbonyl (C=O) groups is 3. The number of carboxylic acids is 1. The molecule has 0 spiro atoms. The molecular weight excluding hydrogens is 518 g/mol. The first-order valence-corrected chi connectivity index (χ1v) is 14.8. The van der Waals surface area contributed by atoms with E-state index in [1.807, 2.05) is 0 Å². The van der Waals surface area contributed by atoms with Gasteiger partial charge in [-0.1, -0.05) is 84.0 Å². The van der Waals surface area contributed by atoms with Gasteiger partial charge in [0.2, 0.25) is 17.6 Å². The Balaban J connectivity index is 2.63. The summed E-state index contributed by atoms with van der Waals surface area (Å²) in [4.78, 5) is 36.5. The molecule has 12 heteroatoms. The van der Waals surface area contributed by atoms with Crippen molar-refractivity contribution in [3.05, 3.63) is 11.8 Å². The topological polar surface area (TPSA) is 209 Å². The fourth-order valence-electron chi connectivity index (χ4n) is 5.00. The molecule has 5 unspecified atom stereocenters. The molecule has 0 aromatic heterocycles. The lowest BCUT2D eigenvalue weighted by atomic mass is 9.90. The molecule has 1 heterocycles. The number of unbranched alkanes of at least 4 members (excludes halogenated alkanes) is 12. The minimum absolute atomic E-state index is 0.195. The maximum absolute atomic E-state index is 12.8. The molecule has 232 valence electrons. The minimum atomic E-state index is -1.49. The lowest BCUT2D eigenvalue weighted by Crippen LogP contribution is -2.68. The van der Waals surface area contributed by atoms with E-state index in [1.54, 1.807) is 0 Å². The number of nitrogens with two attached hydrogens (primary N) is 2. The predicted molar refractivity (Wildman–Crippen MR) is 153 cm³/mol. The van der Waals surface area contributed by atoms with Crippen molar-refractivity contribution in [1.82, 2.24) is 16.0 Å². The zero-order valence-electron chi connectivity index (χ0n) is 24.3. The van der Waals surface area contributed by atoms with Gasteiger partial charge in [0.25, 0.3) is 0 Å². The molecule has 1 aliphatic rings. The number of rotatable bonds is 22. The Hall–Kier alpha value is -2.25. The number of ether oxygens (including phenoxy) is 1. The average Bonchev–Trinajstić information content (AvgIpc) is 2.89. The first kappa shape index (κ1) is 35.8. The van der Waals surface area contributed by atoms with Crippen LogP contribution in [0.2, 0.25) is 0 Å². The summed E-state index contributed by atoms with van der Waals surface area (Å²) < 4.78 is 5.62. The van der Waals surface area contributed by atoms with Crippen LogP contribution in [0.4, 0.5) is 0 Å². The van der Waals surface area contributed by atoms with Crippen LogP contribution in [0.1, 0.15) is 104 Å². The summed E-state index contributed by atoms with van der Waals surface area (Å²) in [5.41, 5.74) is 11.3. The van der Waals surface area contributed by atoms with Gasteiger partial charge in [0.05, 0.1) is 24.7 Å². The van der Waals surface area contributed by atoms with Gasteiger partial charge in [-0.25, -0.2) is 4.79 Å². The second kappa shape index (κ2) is 20.6. The summed E-state index contributed by atoms with van der Waals surface area (Å²) in [5.74, 6) is -2.69. The highest BCUT2D eigenvalue weighted by molar-refractivity contribution is 5.85. The highest BCUT2D eigenvalue weighted by atomic mass is 16.5. The van der Waals surface area contributed by atoms with Crippen LogP contribution in [0.5, 0.6) is 0 Å². The van der Waals surface area contributed by atoms with Gasteiger partial charge in [-0.2, -0.15) is 0 Å². The third-order valence-electron chi connectivity index (χ3n) is 7.09. The predicted octanol–water partition coefficient (Wildman–Crippen LogP) is 1.34. The van der Waals surface area contributed by atoms with Crippen LogP contribution in [0.3, 0.4) is 0 Å². The summed E-state index contributed by atoms with van der Waals surface area (Å²) in [6, 6.07) is -3.07. The van der Waals surface area contributed by atoms with Crippen LogP contribution < -0.4 is 27.4 Å². The molecule has 2 amide bonds. The summed E-state index contributed by atoms with van der Waals surface area (Å²) in [5, 5.41) is 37.9. The van der Waals surface area contributed by atoms with Crippen LogP contribution in [0, 0.1) is 0 Å². The SMILES string of the molecule is CCCCCCCCCCCCCCCC(=O)NC(C(O)CO)C1OC(C(=O)O)=CC(NC(N)N)C1NC(C)=O. The Morgan fingerprint density at radius 1 is 0.950 bits per heavy atom. The van der Waals surface area contributed by atoms with Gasteiger partial charge in [-0.3, -0.25) is 14.9 Å². The number of aliphatic hydroxyl groups excluding tert-OH is 2. The first-order valence-electron chi connectivity index (χ1n) is 14.8. The van der Waals surface area contributed by atoms with Crippen LogP contribution in [-0.4, -0.2) is 76.3 Å². The molecule has 0 aromatic carbocycles. The molecule has 12 nitrogen and oxygen atoms in total. The lowest BCUT2D eigenvalue weighted by Gasteiger charge is -2.42. The summed E-state index contributed by atoms with van der Waals surface area (Å²) >= 11 is 0. The smallest absolute Gasteiger partial charge is 0.370 e. The number of nitrogens with one attached hydrogen (secondary N) is 3. The van der Waals surface area contributed by atoms with Crippen LogP contribution in [0.15, 0.2) is 11.8 Å². The third kappa shape index (κ3) is 14.4. The Morgan fingerprint density at radius 2 is 1.48 bits per heavy atom. The van der Waals surface area contributed by atoms with Gasteiger partial charge >= 0.3 is 5.97 Å². The number of aliphatic carboxylic acids is 1. The van der Waals surface area contributed by atoms with Gasteiger partial charge in [0, 0.05) is 13.3 Å². The standard InChI is InChI=1S/C28H53N5O7/c1-3-4-5-6-7-8-9-10-11-12-13-14-15-16-23(37)33-25(21(36)18-34)26-24(31-19(2)35)20(32-28(29)30)17-22(40-26)27(38)39/h17,20-21,24-26,28,32,34,36H,3-16,18,29-30H2,1-2H3,(H,31,35)(H,33,37)(H,38,39). The second-order valence-electron chi connectivity index (χ2n) is 10.7. The van der Waals surface area contributed by atoms with E-state index in [-0.39, 0.29) is 12.3 Å². The van der Waals surface area contributed by atoms with Gasteiger partial charge < -0.3 is 42.2 Å². The van der Waals surface area contributed by atoms with Crippen molar-refractivity contribution in [2.24, 2.45) is 11.5 Å². The maximum Gasteiger partial charge on any atom is 0.370 e. The molecule has 0 aliphatic carbocycles. The van der Waals surface area contributed by atoms with Gasteiger partial charge in [-0.05, 0) is 12.5 Å². The fraction of sp³-hybridized carbons (Fsp3) is 0.821. The fourth-order valence-corrected chi connectivity index (χ4v) is 5.00. The Kier molecular flexibility index (Phi) is 18.4. The quantitative estimate of drug-likeness (QED) is 0.0690. The molecule has 5 atom stereocenters. The summed E-state index contributed by atoms with van der Waals surface area (Å²) in [6.07, 6.45) is 12.9. The molecule has 0 fully saturated rings. The zero-order chi connectivity index (χ0) is 29.9. The van der Waals surface area contributed by atoms with Crippen molar-refractivity contribution in [3.63, 3.8) is 0 Å². The Morgan fingerprint density at radius 3 is 1.93 bits per heavy atom. The molecule has 40 heavy (non-hydrogen) atoms. The molecule has 0 radical (unpaired) electrons. The number of amides is 2. The van der Waals surface area contributed by atoms with E-state index in [0.717, 1.165) is 19.3 Å². The van der Waals surface area contributed by atoms with E-state index in [9.17, 15) is 29.7 Å². The summed E-state index contributed by atoms with van der Waals surface area (Å²) in [6.45, 7) is 2.76. The first-order chi connectivity index (χ1) is 19.1. The molecule has 10 N–H and O–H groups in total. The zero-order valence-corrected chi connectivity index (χ0v) is 24.3. The van der Waals surface area contributed by atoms with Gasteiger partial charge in [0.15, 0.2) is 0 Å². The van der Waals surface area contributed by atoms with E-state index < -0.39 is 60.9 Å². The molecule has 1 rings (SSSR count). The molecule has 0 saturated carbocycles. The van der Waals surface area contributed by atoms with Crippen LogP contribution in [-0.2, 0) is 19.1 Å². The monoisotopic (exact) mass is 571 g/mol. The van der Waals surface area contributed by atoms with E-state index in [0.29, 0.717) is 6.42 Å². The Bertz CT molecular complexity index is 780. The normalized spacial score (nSPS) is 20.4. The van der Waals surface area contributed by atoms with Crippen molar-refractivity contribution < 1.29 is 34.4 Å². The van der Waals surface area contributed by atoms with E-state index in [1.165, 1.54) is 70.8 Å². The van der Waals surface area contributed by atoms with Gasteiger partial charge in [0.1, 0.15) is 18.5 Å². The number of hydrogen-bond donors (Lipinski definition) is 8. The number of carboxylic acid groups (broad SMARTS) is 1. The number of hydrogen-bond acceptors (Lipinski definition) is 9. The van der Waals surface area contributed by atoms with Crippen LogP contribution in [0.25, 0.3) is 0 Å². The molecule has 0 saturated heterocycles. The van der Waals surface area contributed by atoms with Crippen molar-refractivity contribution in [3.8, 4) is 0 Å². The van der Waals surface area contributed by atoms with Crippen molar-refractivity contribution in [2.75, 3.05) is 6.61 Å². The van der Waals surface area contributed by atoms with Crippen molar-refractivity contribution in [1.29, 1.82) is 0 Å². The minimum Gasteiger partial charge on any atom is -0.479 e. The summed E-state index contributed by atoms with van der Waals surface area (Å²) in [7, 11) is 0. The maximum atomic E-state index is 12.8. The van der Waals surface area contributed by atoms with E-state index >= 15 is 0 Å². The van der Waals surface area contributed by atoms with E-state index in [4.69, 9.17) is 16.2 Å². The molecule has 1 aliphatic heterocycles. The highest BCUT2D eigenvalue weighted by Crippen LogP contribution is 2.24. The molecular formula is C28H53N5O7. The van der Waals surface area contributed by atoms with Crippen molar-refractivity contribution in [2.45, 2.75) is 140 Å². The number of carbonyl (C=O) groups excluding carboxylic acids is 2. The third-order valence-corrected chi connectivity index (χ3v) is 7.09. The molecule has 0 aromatic rings. The van der Waals surface area contributed by atoms with E-state index in [2.05, 4.69) is 22.9 Å². The molecule has 0 bridgehead atoms. The number of aliphatic hydroxyl groups is 2. The van der Waals surface area contributed by atoms with Crippen molar-refractivity contribution >= 4 is 17.8 Å². The highest BCUT2D eigenvalue weighted by Gasteiger charge is 2.44. The van der Waals surface area contributed by atoms with Crippen LogP contribution >= 0.6 is 0 Å². The Labute approximate surface area is 238 Å². The average molecular weight is 572 g/mol. The van der Waals surface area contributed by atoms with Gasteiger partial charge in [-0.15, -0.1) is 0 Å². The second-order valence-corrected chi connectivity index (χ2v) is 10.7. The largest absolute Gasteiger partial charge is 0.479 e.